The molecule has 5 heteroatoms. The molecule has 5 nitrogen and oxygen atoms in total. The van der Waals surface area contributed by atoms with E-state index in [1.165, 1.54) is 12.6 Å². The summed E-state index contributed by atoms with van der Waals surface area (Å²) in [5.74, 6) is -0.956. The molecule has 0 saturated carbocycles. The number of hydrogen-bond acceptors (Lipinski definition) is 4. The Labute approximate surface area is 112 Å². The lowest BCUT2D eigenvalue weighted by Gasteiger charge is -2.27. The number of nitrogens with zero attached hydrogens (tertiary/aromatic N) is 2. The molecule has 1 unspecified atom stereocenters. The molecular formula is C14H20N2O3. The Kier molecular flexibility index (Phi) is 4.87. The largest absolute Gasteiger partial charge is 0.478 e. The third kappa shape index (κ3) is 3.75. The van der Waals surface area contributed by atoms with Gasteiger partial charge in [0.2, 0.25) is 0 Å². The first kappa shape index (κ1) is 14.0. The van der Waals surface area contributed by atoms with Crippen LogP contribution in [0.15, 0.2) is 18.3 Å². The number of aliphatic hydroxyl groups is 1. The van der Waals surface area contributed by atoms with Crippen molar-refractivity contribution in [1.29, 1.82) is 0 Å². The summed E-state index contributed by atoms with van der Waals surface area (Å²) < 4.78 is 0. The smallest absolute Gasteiger partial charge is 0.337 e. The van der Waals surface area contributed by atoms with Crippen molar-refractivity contribution in [3.8, 4) is 0 Å². The Morgan fingerprint density at radius 1 is 1.37 bits per heavy atom. The van der Waals surface area contributed by atoms with Crippen molar-refractivity contribution >= 4 is 5.97 Å². The zero-order chi connectivity index (χ0) is 13.7. The monoisotopic (exact) mass is 264 g/mol. The second-order valence-electron chi connectivity index (χ2n) is 5.00. The molecule has 104 valence electrons. The van der Waals surface area contributed by atoms with Gasteiger partial charge in [-0.3, -0.25) is 9.88 Å². The Balaban J connectivity index is 2.03. The highest BCUT2D eigenvalue weighted by Gasteiger charge is 2.20. The summed E-state index contributed by atoms with van der Waals surface area (Å²) in [6, 6.07) is 3.53. The van der Waals surface area contributed by atoms with Gasteiger partial charge in [0, 0.05) is 18.8 Å². The predicted octanol–water partition coefficient (Wildman–Crippen LogP) is 1.52. The van der Waals surface area contributed by atoms with Crippen LogP contribution in [0, 0.1) is 0 Å². The van der Waals surface area contributed by atoms with Gasteiger partial charge in [0.25, 0.3) is 0 Å². The number of likely N-dealkylation sites (tertiary alicyclic amines) is 1. The topological polar surface area (TPSA) is 73.7 Å². The molecule has 0 aliphatic carbocycles. The molecule has 1 atom stereocenters. The summed E-state index contributed by atoms with van der Waals surface area (Å²) in [6.45, 7) is 1.81. The normalized spacial score (nSPS) is 21.0. The molecule has 1 aliphatic heterocycles. The maximum atomic E-state index is 10.8. The molecule has 19 heavy (non-hydrogen) atoms. The quantitative estimate of drug-likeness (QED) is 0.862. The summed E-state index contributed by atoms with van der Waals surface area (Å²) in [5.41, 5.74) is 1.06. The van der Waals surface area contributed by atoms with Crippen molar-refractivity contribution in [3.63, 3.8) is 0 Å². The molecule has 2 heterocycles. The molecule has 2 N–H and O–H groups in total. The van der Waals surface area contributed by atoms with Crippen LogP contribution in [0.5, 0.6) is 0 Å². The Bertz CT molecular complexity index is 419. The first-order chi connectivity index (χ1) is 9.20. The van der Waals surface area contributed by atoms with E-state index in [4.69, 9.17) is 5.11 Å². The molecule has 1 saturated heterocycles. The number of aromatic carboxylic acids is 1. The van der Waals surface area contributed by atoms with E-state index in [0.29, 0.717) is 6.54 Å². The fourth-order valence-corrected chi connectivity index (χ4v) is 2.50. The lowest BCUT2D eigenvalue weighted by atomic mass is 10.1. The van der Waals surface area contributed by atoms with Crippen LogP contribution in [0.3, 0.4) is 0 Å². The molecule has 0 aromatic carbocycles. The average Bonchev–Trinajstić information content (AvgIpc) is 2.64. The highest BCUT2D eigenvalue weighted by molar-refractivity contribution is 5.87. The summed E-state index contributed by atoms with van der Waals surface area (Å²) in [5, 5.41) is 18.3. The molecule has 0 bridgehead atoms. The number of rotatable bonds is 4. The second kappa shape index (κ2) is 6.63. The standard InChI is InChI=1S/C14H20N2O3/c17-10-13-4-2-1-3-7-16(13)9-12-6-5-11(8-15-12)14(18)19/h5-6,8,13,17H,1-4,7,9-10H2,(H,18,19). The minimum Gasteiger partial charge on any atom is -0.478 e. The van der Waals surface area contributed by atoms with Crippen LogP contribution in [0.1, 0.15) is 41.7 Å². The maximum Gasteiger partial charge on any atom is 0.337 e. The van der Waals surface area contributed by atoms with E-state index >= 15 is 0 Å². The van der Waals surface area contributed by atoms with Gasteiger partial charge < -0.3 is 10.2 Å². The van der Waals surface area contributed by atoms with Crippen LogP contribution in [0.2, 0.25) is 0 Å². The predicted molar refractivity (Wildman–Crippen MR) is 70.9 cm³/mol. The third-order valence-corrected chi connectivity index (χ3v) is 3.65. The van der Waals surface area contributed by atoms with Gasteiger partial charge in [-0.25, -0.2) is 4.79 Å². The maximum absolute atomic E-state index is 10.8. The van der Waals surface area contributed by atoms with Crippen LogP contribution in [-0.2, 0) is 6.54 Å². The Morgan fingerprint density at radius 2 is 2.21 bits per heavy atom. The summed E-state index contributed by atoms with van der Waals surface area (Å²) >= 11 is 0. The SMILES string of the molecule is O=C(O)c1ccc(CN2CCCCCC2CO)nc1. The number of aromatic nitrogens is 1. The average molecular weight is 264 g/mol. The van der Waals surface area contributed by atoms with Crippen LogP contribution in [0.4, 0.5) is 0 Å². The number of aliphatic hydroxyl groups excluding tert-OH is 1. The van der Waals surface area contributed by atoms with Crippen LogP contribution in [0.25, 0.3) is 0 Å². The molecule has 1 aliphatic rings. The zero-order valence-corrected chi connectivity index (χ0v) is 11.0. The molecule has 1 fully saturated rings. The van der Waals surface area contributed by atoms with Gasteiger partial charge in [-0.15, -0.1) is 0 Å². The van der Waals surface area contributed by atoms with E-state index in [0.717, 1.165) is 31.5 Å². The molecule has 1 aromatic heterocycles. The van der Waals surface area contributed by atoms with E-state index < -0.39 is 5.97 Å². The van der Waals surface area contributed by atoms with Gasteiger partial charge >= 0.3 is 5.97 Å². The number of carboxylic acid groups (broad SMARTS) is 1. The minimum absolute atomic E-state index is 0.174. The van der Waals surface area contributed by atoms with Gasteiger partial charge in [0.15, 0.2) is 0 Å². The molecule has 0 radical (unpaired) electrons. The van der Waals surface area contributed by atoms with E-state index in [-0.39, 0.29) is 18.2 Å². The van der Waals surface area contributed by atoms with Crippen LogP contribution >= 0.6 is 0 Å². The van der Waals surface area contributed by atoms with Crippen LogP contribution < -0.4 is 0 Å². The Hall–Kier alpha value is -1.46. The highest BCUT2D eigenvalue weighted by atomic mass is 16.4. The molecule has 2 rings (SSSR count). The van der Waals surface area contributed by atoms with Crippen molar-refractivity contribution in [2.75, 3.05) is 13.2 Å². The van der Waals surface area contributed by atoms with E-state index in [1.54, 1.807) is 12.1 Å². The van der Waals surface area contributed by atoms with Gasteiger partial charge in [0.05, 0.1) is 17.9 Å². The number of carbonyl (C=O) groups is 1. The van der Waals surface area contributed by atoms with Gasteiger partial charge in [-0.2, -0.15) is 0 Å². The van der Waals surface area contributed by atoms with Gasteiger partial charge in [0.1, 0.15) is 0 Å². The van der Waals surface area contributed by atoms with Gasteiger partial charge in [-0.05, 0) is 31.5 Å². The molecule has 1 aromatic rings. The number of hydrogen-bond donors (Lipinski definition) is 2. The first-order valence-electron chi connectivity index (χ1n) is 6.74. The van der Waals surface area contributed by atoms with Gasteiger partial charge in [-0.1, -0.05) is 12.8 Å². The summed E-state index contributed by atoms with van der Waals surface area (Å²) in [6.07, 6.45) is 5.92. The first-order valence-corrected chi connectivity index (χ1v) is 6.74. The molecular weight excluding hydrogens is 244 g/mol. The molecule has 0 amide bonds. The van der Waals surface area contributed by atoms with Crippen molar-refractivity contribution in [1.82, 2.24) is 9.88 Å². The highest BCUT2D eigenvalue weighted by Crippen LogP contribution is 2.18. The minimum atomic E-state index is -0.956. The van der Waals surface area contributed by atoms with Crippen molar-refractivity contribution in [2.45, 2.75) is 38.3 Å². The zero-order valence-electron chi connectivity index (χ0n) is 11.0. The second-order valence-corrected chi connectivity index (χ2v) is 5.00. The van der Waals surface area contributed by atoms with Crippen molar-refractivity contribution in [2.24, 2.45) is 0 Å². The van der Waals surface area contributed by atoms with Crippen molar-refractivity contribution < 1.29 is 15.0 Å². The van der Waals surface area contributed by atoms with Crippen LogP contribution in [-0.4, -0.2) is 45.3 Å². The lowest BCUT2D eigenvalue weighted by molar-refractivity contribution is 0.0696. The summed E-state index contributed by atoms with van der Waals surface area (Å²) in [7, 11) is 0. The Morgan fingerprint density at radius 3 is 2.84 bits per heavy atom. The number of pyridine rings is 1. The fourth-order valence-electron chi connectivity index (χ4n) is 2.50. The number of carboxylic acids is 1. The lowest BCUT2D eigenvalue weighted by Crippen LogP contribution is -2.37. The fraction of sp³-hybridized carbons (Fsp3) is 0.571. The third-order valence-electron chi connectivity index (χ3n) is 3.65. The van der Waals surface area contributed by atoms with E-state index in [2.05, 4.69) is 9.88 Å². The molecule has 0 spiro atoms. The van der Waals surface area contributed by atoms with E-state index in [9.17, 15) is 9.90 Å². The van der Waals surface area contributed by atoms with Crippen molar-refractivity contribution in [3.05, 3.63) is 29.6 Å². The van der Waals surface area contributed by atoms with E-state index in [1.807, 2.05) is 0 Å². The summed E-state index contributed by atoms with van der Waals surface area (Å²) in [4.78, 5) is 17.2.